The summed E-state index contributed by atoms with van der Waals surface area (Å²) in [6, 6.07) is 0. The van der Waals surface area contributed by atoms with E-state index in [9.17, 15) is 5.11 Å². The number of aliphatic hydroxyl groups excluding tert-OH is 1. The fourth-order valence-electron chi connectivity index (χ4n) is 2.83. The van der Waals surface area contributed by atoms with Gasteiger partial charge in [-0.15, -0.1) is 0 Å². The minimum atomic E-state index is 0.0353. The average Bonchev–Trinajstić information content (AvgIpc) is 2.86. The molecule has 0 amide bonds. The van der Waals surface area contributed by atoms with Gasteiger partial charge in [0.25, 0.3) is 0 Å². The van der Waals surface area contributed by atoms with Crippen molar-refractivity contribution in [3.05, 3.63) is 0 Å². The first kappa shape index (κ1) is 9.51. The molecule has 2 rings (SSSR count). The van der Waals surface area contributed by atoms with Gasteiger partial charge in [0.05, 0.1) is 6.10 Å². The highest BCUT2D eigenvalue weighted by molar-refractivity contribution is 4.91. The summed E-state index contributed by atoms with van der Waals surface area (Å²) < 4.78 is 0. The number of aliphatic hydroxyl groups is 1. The maximum absolute atomic E-state index is 10.1. The van der Waals surface area contributed by atoms with E-state index in [2.05, 4.69) is 6.92 Å². The van der Waals surface area contributed by atoms with Crippen molar-refractivity contribution in [2.75, 3.05) is 0 Å². The molecule has 0 aromatic rings. The third-order valence-electron chi connectivity index (χ3n) is 3.99. The zero-order chi connectivity index (χ0) is 9.26. The summed E-state index contributed by atoms with van der Waals surface area (Å²) in [6.07, 6.45) is 9.36. The summed E-state index contributed by atoms with van der Waals surface area (Å²) >= 11 is 0. The van der Waals surface area contributed by atoms with Crippen LogP contribution in [-0.4, -0.2) is 11.2 Å². The van der Waals surface area contributed by atoms with Gasteiger partial charge in [-0.05, 0) is 37.0 Å². The highest BCUT2D eigenvalue weighted by Gasteiger charge is 2.41. The second kappa shape index (κ2) is 4.00. The van der Waals surface area contributed by atoms with Gasteiger partial charge >= 0.3 is 0 Å². The van der Waals surface area contributed by atoms with Crippen LogP contribution < -0.4 is 0 Å². The van der Waals surface area contributed by atoms with Crippen LogP contribution in [0, 0.1) is 17.8 Å². The lowest BCUT2D eigenvalue weighted by Gasteiger charge is -2.21. The van der Waals surface area contributed by atoms with Crippen molar-refractivity contribution < 1.29 is 5.11 Å². The second-order valence-electron chi connectivity index (χ2n) is 5.12. The van der Waals surface area contributed by atoms with Gasteiger partial charge in [-0.2, -0.15) is 0 Å². The van der Waals surface area contributed by atoms with E-state index in [-0.39, 0.29) is 6.10 Å². The molecule has 0 saturated heterocycles. The molecule has 2 aliphatic rings. The van der Waals surface area contributed by atoms with Crippen LogP contribution in [0.1, 0.15) is 51.9 Å². The van der Waals surface area contributed by atoms with E-state index >= 15 is 0 Å². The van der Waals surface area contributed by atoms with Crippen molar-refractivity contribution in [1.29, 1.82) is 0 Å². The minimum Gasteiger partial charge on any atom is -0.393 e. The topological polar surface area (TPSA) is 20.2 Å². The molecule has 2 fully saturated rings. The summed E-state index contributed by atoms with van der Waals surface area (Å²) in [7, 11) is 0. The van der Waals surface area contributed by atoms with Gasteiger partial charge in [0.2, 0.25) is 0 Å². The van der Waals surface area contributed by atoms with Gasteiger partial charge in [0.15, 0.2) is 0 Å². The molecule has 1 N–H and O–H groups in total. The molecular weight excluding hydrogens is 160 g/mol. The third kappa shape index (κ3) is 2.25. The lowest BCUT2D eigenvalue weighted by atomic mass is 9.90. The van der Waals surface area contributed by atoms with Crippen molar-refractivity contribution in [1.82, 2.24) is 0 Å². The number of hydrogen-bond acceptors (Lipinski definition) is 1. The Morgan fingerprint density at radius 1 is 1.08 bits per heavy atom. The Morgan fingerprint density at radius 3 is 2.08 bits per heavy atom. The summed E-state index contributed by atoms with van der Waals surface area (Å²) in [5.41, 5.74) is 0. The zero-order valence-electron chi connectivity index (χ0n) is 8.71. The van der Waals surface area contributed by atoms with Crippen LogP contribution in [0.2, 0.25) is 0 Å². The normalized spacial score (nSPS) is 38.3. The van der Waals surface area contributed by atoms with Gasteiger partial charge in [0.1, 0.15) is 0 Å². The highest BCUT2D eigenvalue weighted by Crippen LogP contribution is 2.44. The molecule has 2 saturated carbocycles. The standard InChI is InChI=1S/C12H22O/c1-9-8-11(9)12(13)10-6-4-2-3-5-7-10/h9-13H,2-8H2,1H3. The van der Waals surface area contributed by atoms with Crippen LogP contribution in [0.15, 0.2) is 0 Å². The molecule has 1 nitrogen and oxygen atoms in total. The molecule has 0 radical (unpaired) electrons. The fraction of sp³-hybridized carbons (Fsp3) is 1.00. The average molecular weight is 182 g/mol. The molecule has 0 aliphatic heterocycles. The molecule has 0 spiro atoms. The Morgan fingerprint density at radius 2 is 1.62 bits per heavy atom. The Hall–Kier alpha value is -0.0400. The van der Waals surface area contributed by atoms with Gasteiger partial charge in [-0.1, -0.05) is 32.6 Å². The van der Waals surface area contributed by atoms with Gasteiger partial charge in [-0.25, -0.2) is 0 Å². The molecule has 0 aromatic carbocycles. The molecule has 0 heterocycles. The molecule has 13 heavy (non-hydrogen) atoms. The van der Waals surface area contributed by atoms with Crippen LogP contribution in [-0.2, 0) is 0 Å². The molecule has 2 aliphatic carbocycles. The van der Waals surface area contributed by atoms with E-state index < -0.39 is 0 Å². The largest absolute Gasteiger partial charge is 0.393 e. The number of rotatable bonds is 2. The van der Waals surface area contributed by atoms with Crippen molar-refractivity contribution >= 4 is 0 Å². The fourth-order valence-corrected chi connectivity index (χ4v) is 2.83. The quantitative estimate of drug-likeness (QED) is 0.651. The Bertz CT molecular complexity index is 159. The van der Waals surface area contributed by atoms with Crippen molar-refractivity contribution in [2.45, 2.75) is 58.0 Å². The first-order valence-electron chi connectivity index (χ1n) is 5.97. The predicted molar refractivity (Wildman–Crippen MR) is 54.5 cm³/mol. The van der Waals surface area contributed by atoms with Crippen LogP contribution in [0.4, 0.5) is 0 Å². The van der Waals surface area contributed by atoms with Crippen molar-refractivity contribution in [2.24, 2.45) is 17.8 Å². The minimum absolute atomic E-state index is 0.0353. The second-order valence-corrected chi connectivity index (χ2v) is 5.12. The van der Waals surface area contributed by atoms with E-state index in [1.54, 1.807) is 0 Å². The smallest absolute Gasteiger partial charge is 0.0599 e. The SMILES string of the molecule is CC1CC1C(O)C1CCCCCC1. The first-order valence-corrected chi connectivity index (χ1v) is 5.97. The summed E-state index contributed by atoms with van der Waals surface area (Å²) in [4.78, 5) is 0. The predicted octanol–water partition coefficient (Wildman–Crippen LogP) is 2.97. The Labute approximate surface area is 81.5 Å². The van der Waals surface area contributed by atoms with Gasteiger partial charge in [0, 0.05) is 0 Å². The summed E-state index contributed by atoms with van der Waals surface area (Å²) in [6.45, 7) is 2.27. The zero-order valence-corrected chi connectivity index (χ0v) is 8.71. The molecule has 3 unspecified atom stereocenters. The molecule has 0 aromatic heterocycles. The lowest BCUT2D eigenvalue weighted by Crippen LogP contribution is -2.22. The monoisotopic (exact) mass is 182 g/mol. The number of hydrogen-bond donors (Lipinski definition) is 1. The van der Waals surface area contributed by atoms with E-state index in [0.29, 0.717) is 11.8 Å². The maximum Gasteiger partial charge on any atom is 0.0599 e. The van der Waals surface area contributed by atoms with Crippen LogP contribution in [0.3, 0.4) is 0 Å². The molecule has 0 bridgehead atoms. The van der Waals surface area contributed by atoms with Crippen molar-refractivity contribution in [3.63, 3.8) is 0 Å². The summed E-state index contributed by atoms with van der Waals surface area (Å²) in [5, 5.41) is 10.1. The van der Waals surface area contributed by atoms with E-state index in [1.165, 1.54) is 44.9 Å². The van der Waals surface area contributed by atoms with Crippen LogP contribution in [0.25, 0.3) is 0 Å². The first-order chi connectivity index (χ1) is 6.29. The molecule has 76 valence electrons. The molecular formula is C12H22O. The molecule has 3 atom stereocenters. The molecule has 1 heteroatoms. The van der Waals surface area contributed by atoms with E-state index in [0.717, 1.165) is 5.92 Å². The lowest BCUT2D eigenvalue weighted by molar-refractivity contribution is 0.0739. The maximum atomic E-state index is 10.1. The van der Waals surface area contributed by atoms with Crippen molar-refractivity contribution in [3.8, 4) is 0 Å². The van der Waals surface area contributed by atoms with Crippen LogP contribution >= 0.6 is 0 Å². The Balaban J connectivity index is 1.83. The third-order valence-corrected chi connectivity index (χ3v) is 3.99. The highest BCUT2D eigenvalue weighted by atomic mass is 16.3. The van der Waals surface area contributed by atoms with Gasteiger partial charge < -0.3 is 5.11 Å². The van der Waals surface area contributed by atoms with Crippen LogP contribution in [0.5, 0.6) is 0 Å². The van der Waals surface area contributed by atoms with E-state index in [4.69, 9.17) is 0 Å². The summed E-state index contributed by atoms with van der Waals surface area (Å²) in [5.74, 6) is 2.10. The van der Waals surface area contributed by atoms with Gasteiger partial charge in [-0.3, -0.25) is 0 Å². The Kier molecular flexibility index (Phi) is 2.92. The van der Waals surface area contributed by atoms with E-state index in [1.807, 2.05) is 0 Å².